The SMILES string of the molecule is CC(C)N(C(=O)c1c(O)c2ccccc2[nH]c1=O)C12CC3CC(C1)N(C)C(C3)C2. The van der Waals surface area contributed by atoms with E-state index >= 15 is 0 Å². The number of pyridine rings is 1. The third-order valence-corrected chi connectivity index (χ3v) is 7.62. The van der Waals surface area contributed by atoms with E-state index in [1.807, 2.05) is 18.7 Å². The molecule has 2 aliphatic carbocycles. The number of piperidine rings is 2. The summed E-state index contributed by atoms with van der Waals surface area (Å²) in [5, 5.41) is 11.4. The summed E-state index contributed by atoms with van der Waals surface area (Å²) in [6, 6.07) is 8.01. The van der Waals surface area contributed by atoms with Gasteiger partial charge in [0.2, 0.25) is 0 Å². The van der Waals surface area contributed by atoms with Crippen LogP contribution in [-0.2, 0) is 0 Å². The molecule has 4 bridgehead atoms. The van der Waals surface area contributed by atoms with E-state index in [1.165, 1.54) is 12.8 Å². The summed E-state index contributed by atoms with van der Waals surface area (Å²) in [5.74, 6) is 0.0946. The summed E-state index contributed by atoms with van der Waals surface area (Å²) in [6.45, 7) is 4.04. The number of carbonyl (C=O) groups excluding carboxylic acids is 1. The van der Waals surface area contributed by atoms with Crippen LogP contribution in [0.5, 0.6) is 5.75 Å². The van der Waals surface area contributed by atoms with Gasteiger partial charge in [0, 0.05) is 29.1 Å². The lowest BCUT2D eigenvalue weighted by Crippen LogP contribution is -2.70. The second-order valence-electron chi connectivity index (χ2n) is 9.64. The van der Waals surface area contributed by atoms with Crippen LogP contribution >= 0.6 is 0 Å². The van der Waals surface area contributed by atoms with Crippen LogP contribution in [0, 0.1) is 5.92 Å². The van der Waals surface area contributed by atoms with E-state index in [2.05, 4.69) is 16.9 Å². The van der Waals surface area contributed by atoms with Crippen molar-refractivity contribution in [1.82, 2.24) is 14.8 Å². The molecule has 0 radical (unpaired) electrons. The van der Waals surface area contributed by atoms with Crippen molar-refractivity contribution >= 4 is 16.8 Å². The molecule has 4 fully saturated rings. The number of benzene rings is 1. The summed E-state index contributed by atoms with van der Waals surface area (Å²) in [5.41, 5.74) is -0.321. The molecule has 0 spiro atoms. The summed E-state index contributed by atoms with van der Waals surface area (Å²) in [4.78, 5) is 33.8. The number of aromatic hydroxyl groups is 1. The fourth-order valence-electron chi connectivity index (χ4n) is 6.62. The molecule has 6 nitrogen and oxygen atoms in total. The van der Waals surface area contributed by atoms with Gasteiger partial charge in [-0.2, -0.15) is 0 Å². The minimum absolute atomic E-state index is 0.0469. The Bertz CT molecular complexity index is 1030. The third-order valence-electron chi connectivity index (χ3n) is 7.62. The molecule has 2 saturated heterocycles. The minimum atomic E-state index is -0.515. The molecule has 154 valence electrons. The summed E-state index contributed by atoms with van der Waals surface area (Å²) in [6.07, 6.45) is 5.32. The monoisotopic (exact) mass is 395 g/mol. The van der Waals surface area contributed by atoms with Crippen molar-refractivity contribution in [3.8, 4) is 5.75 Å². The van der Waals surface area contributed by atoms with Crippen LogP contribution in [0.3, 0.4) is 0 Å². The topological polar surface area (TPSA) is 76.6 Å². The van der Waals surface area contributed by atoms with Gasteiger partial charge >= 0.3 is 0 Å². The maximum atomic E-state index is 13.8. The van der Waals surface area contributed by atoms with Crippen LogP contribution in [0.15, 0.2) is 29.1 Å². The highest BCUT2D eigenvalue weighted by atomic mass is 16.3. The highest BCUT2D eigenvalue weighted by Crippen LogP contribution is 2.54. The van der Waals surface area contributed by atoms with Gasteiger partial charge in [0.05, 0.1) is 5.52 Å². The molecule has 1 aromatic heterocycles. The predicted molar refractivity (Wildman–Crippen MR) is 112 cm³/mol. The van der Waals surface area contributed by atoms with E-state index in [4.69, 9.17) is 0 Å². The van der Waals surface area contributed by atoms with Gasteiger partial charge in [-0.1, -0.05) is 12.1 Å². The van der Waals surface area contributed by atoms with Gasteiger partial charge in [0.25, 0.3) is 11.5 Å². The smallest absolute Gasteiger partial charge is 0.265 e. The van der Waals surface area contributed by atoms with Gasteiger partial charge in [0.15, 0.2) is 0 Å². The summed E-state index contributed by atoms with van der Waals surface area (Å²) < 4.78 is 0. The quantitative estimate of drug-likeness (QED) is 0.837. The number of aromatic nitrogens is 1. The van der Waals surface area contributed by atoms with Gasteiger partial charge < -0.3 is 19.9 Å². The summed E-state index contributed by atoms with van der Waals surface area (Å²) >= 11 is 0. The molecule has 2 aliphatic heterocycles. The van der Waals surface area contributed by atoms with Crippen LogP contribution in [0.1, 0.15) is 56.3 Å². The lowest BCUT2D eigenvalue weighted by Gasteiger charge is -2.64. The normalized spacial score (nSPS) is 31.0. The largest absolute Gasteiger partial charge is 0.506 e. The number of aromatic amines is 1. The average Bonchev–Trinajstić information content (AvgIpc) is 2.65. The zero-order valence-corrected chi connectivity index (χ0v) is 17.3. The number of rotatable bonds is 3. The lowest BCUT2D eigenvalue weighted by atomic mass is 9.58. The van der Waals surface area contributed by atoms with E-state index in [9.17, 15) is 14.7 Å². The van der Waals surface area contributed by atoms with Crippen molar-refractivity contribution in [2.45, 2.75) is 69.6 Å². The van der Waals surface area contributed by atoms with Gasteiger partial charge in [-0.15, -0.1) is 0 Å². The van der Waals surface area contributed by atoms with Crippen LogP contribution in [0.2, 0.25) is 0 Å². The number of hydrogen-bond acceptors (Lipinski definition) is 4. The second-order valence-corrected chi connectivity index (χ2v) is 9.64. The van der Waals surface area contributed by atoms with Crippen LogP contribution in [0.25, 0.3) is 10.9 Å². The maximum absolute atomic E-state index is 13.8. The Balaban J connectivity index is 1.61. The molecule has 2 N–H and O–H groups in total. The van der Waals surface area contributed by atoms with E-state index in [0.717, 1.165) is 19.3 Å². The van der Waals surface area contributed by atoms with E-state index in [0.29, 0.717) is 28.9 Å². The molecule has 2 unspecified atom stereocenters. The Kier molecular flexibility index (Phi) is 4.07. The predicted octanol–water partition coefficient (Wildman–Crippen LogP) is 3.10. The van der Waals surface area contributed by atoms with E-state index in [1.54, 1.807) is 24.3 Å². The third kappa shape index (κ3) is 2.65. The Morgan fingerprint density at radius 2 is 1.86 bits per heavy atom. The van der Waals surface area contributed by atoms with Gasteiger partial charge in [-0.25, -0.2) is 0 Å². The zero-order chi connectivity index (χ0) is 20.5. The maximum Gasteiger partial charge on any atom is 0.265 e. The van der Waals surface area contributed by atoms with Gasteiger partial charge in [0.1, 0.15) is 11.3 Å². The van der Waals surface area contributed by atoms with Crippen molar-refractivity contribution < 1.29 is 9.90 Å². The number of amides is 1. The Labute approximate surface area is 170 Å². The number of H-pyrrole nitrogens is 1. The molecule has 1 aromatic carbocycles. The average molecular weight is 396 g/mol. The standard InChI is InChI=1S/C23H29N3O3/c1-13(2)26(23-10-14-8-15(11-23)25(3)16(9-14)12-23)22(29)19-20(27)17-6-4-5-7-18(17)24-21(19)28/h4-7,13-16H,8-12H2,1-3H3,(H2,24,27,28). The highest BCUT2D eigenvalue weighted by Gasteiger charge is 2.57. The van der Waals surface area contributed by atoms with Gasteiger partial charge in [-0.05, 0) is 71.0 Å². The molecule has 4 aliphatic rings. The minimum Gasteiger partial charge on any atom is -0.506 e. The first kappa shape index (κ1) is 18.7. The Morgan fingerprint density at radius 3 is 2.52 bits per heavy atom. The van der Waals surface area contributed by atoms with Crippen molar-refractivity contribution in [1.29, 1.82) is 0 Å². The molecule has 2 atom stereocenters. The molecular weight excluding hydrogens is 366 g/mol. The Hall–Kier alpha value is -2.34. The number of nitrogens with zero attached hydrogens (tertiary/aromatic N) is 2. The van der Waals surface area contributed by atoms with E-state index in [-0.39, 0.29) is 28.8 Å². The number of hydrogen-bond donors (Lipinski definition) is 2. The fourth-order valence-corrected chi connectivity index (χ4v) is 6.62. The number of carbonyl (C=O) groups is 1. The molecule has 2 aromatic rings. The zero-order valence-electron chi connectivity index (χ0n) is 17.3. The first-order valence-corrected chi connectivity index (χ1v) is 10.7. The first-order valence-electron chi connectivity index (χ1n) is 10.7. The summed E-state index contributed by atoms with van der Waals surface area (Å²) in [7, 11) is 2.21. The molecule has 6 heteroatoms. The second kappa shape index (κ2) is 6.33. The molecule has 29 heavy (non-hydrogen) atoms. The molecule has 1 amide bonds. The van der Waals surface area contributed by atoms with Crippen LogP contribution < -0.4 is 5.56 Å². The number of para-hydroxylation sites is 1. The van der Waals surface area contributed by atoms with Crippen molar-refractivity contribution in [2.75, 3.05) is 7.05 Å². The fraction of sp³-hybridized carbons (Fsp3) is 0.565. The highest BCUT2D eigenvalue weighted by molar-refractivity contribution is 6.02. The molecule has 2 saturated carbocycles. The Morgan fingerprint density at radius 1 is 1.21 bits per heavy atom. The molecule has 3 heterocycles. The number of nitrogens with one attached hydrogen (secondary N) is 1. The van der Waals surface area contributed by atoms with Crippen molar-refractivity contribution in [2.24, 2.45) is 5.92 Å². The van der Waals surface area contributed by atoms with Crippen LogP contribution in [-0.4, -0.2) is 56.5 Å². The molecule has 6 rings (SSSR count). The first-order chi connectivity index (χ1) is 13.8. The van der Waals surface area contributed by atoms with Gasteiger partial charge in [-0.3, -0.25) is 9.59 Å². The number of fused-ring (bicyclic) bond motifs is 1. The molecular formula is C23H29N3O3. The van der Waals surface area contributed by atoms with E-state index < -0.39 is 5.56 Å². The van der Waals surface area contributed by atoms with Crippen molar-refractivity contribution in [3.05, 3.63) is 40.2 Å². The van der Waals surface area contributed by atoms with Crippen molar-refractivity contribution in [3.63, 3.8) is 0 Å². The van der Waals surface area contributed by atoms with Crippen LogP contribution in [0.4, 0.5) is 0 Å². The lowest BCUT2D eigenvalue weighted by molar-refractivity contribution is -0.114.